The fourth-order valence-corrected chi connectivity index (χ4v) is 3.17. The maximum atomic E-state index is 11.9. The second-order valence-corrected chi connectivity index (χ2v) is 5.88. The van der Waals surface area contributed by atoms with Gasteiger partial charge >= 0.3 is 0 Å². The average molecular weight is 305 g/mol. The van der Waals surface area contributed by atoms with E-state index in [-0.39, 0.29) is 11.2 Å². The van der Waals surface area contributed by atoms with Gasteiger partial charge < -0.3 is 14.1 Å². The van der Waals surface area contributed by atoms with Crippen LogP contribution in [0.25, 0.3) is 11.5 Å². The number of hydrogen-bond donors (Lipinski definition) is 0. The summed E-state index contributed by atoms with van der Waals surface area (Å²) >= 11 is 1.32. The third-order valence-corrected chi connectivity index (χ3v) is 4.45. The Morgan fingerprint density at radius 3 is 2.90 bits per heavy atom. The molecular formula is C14H15N3O3S. The molecule has 1 saturated heterocycles. The molecule has 0 aliphatic carbocycles. The molecule has 2 heterocycles. The molecule has 2 aromatic rings. The Labute approximate surface area is 126 Å². The van der Waals surface area contributed by atoms with E-state index >= 15 is 0 Å². The molecule has 0 bridgehead atoms. The Balaban J connectivity index is 1.79. The number of thioether (sulfide) groups is 1. The minimum atomic E-state index is -0.138. The van der Waals surface area contributed by atoms with Crippen molar-refractivity contribution >= 4 is 17.7 Å². The van der Waals surface area contributed by atoms with E-state index in [1.54, 1.807) is 19.1 Å². The third kappa shape index (κ3) is 2.73. The van der Waals surface area contributed by atoms with Gasteiger partial charge in [-0.05, 0) is 18.6 Å². The molecule has 3 rings (SSSR count). The molecule has 0 unspecified atom stereocenters. The van der Waals surface area contributed by atoms with Crippen LogP contribution in [0.3, 0.4) is 0 Å². The Kier molecular flexibility index (Phi) is 3.83. The lowest BCUT2D eigenvalue weighted by Crippen LogP contribution is -2.23. The maximum Gasteiger partial charge on any atom is 0.277 e. The van der Waals surface area contributed by atoms with E-state index in [0.717, 1.165) is 18.5 Å². The molecule has 7 heteroatoms. The van der Waals surface area contributed by atoms with Crippen LogP contribution in [0.5, 0.6) is 5.75 Å². The van der Waals surface area contributed by atoms with Crippen LogP contribution in [-0.4, -0.2) is 47.0 Å². The number of aromatic nitrogens is 2. The molecule has 0 radical (unpaired) electrons. The van der Waals surface area contributed by atoms with Gasteiger partial charge in [0.15, 0.2) is 0 Å². The van der Waals surface area contributed by atoms with E-state index < -0.39 is 0 Å². The van der Waals surface area contributed by atoms with E-state index in [0.29, 0.717) is 16.9 Å². The summed E-state index contributed by atoms with van der Waals surface area (Å²) in [5.74, 6) is 1.18. The smallest absolute Gasteiger partial charge is 0.277 e. The number of hydrogen-bond acceptors (Lipinski definition) is 6. The summed E-state index contributed by atoms with van der Waals surface area (Å²) in [6.07, 6.45) is 0.798. The van der Waals surface area contributed by atoms with Crippen molar-refractivity contribution in [1.82, 2.24) is 15.1 Å². The SMILES string of the molecule is COc1ccccc1-c1nnc(S[C@@H]2CCN(C)C2=O)o1. The normalized spacial score (nSPS) is 18.3. The van der Waals surface area contributed by atoms with Gasteiger partial charge in [0.2, 0.25) is 5.91 Å². The number of rotatable bonds is 4. The number of likely N-dealkylation sites (tertiary alicyclic amines) is 1. The number of carbonyl (C=O) groups excluding carboxylic acids is 1. The molecule has 0 spiro atoms. The van der Waals surface area contributed by atoms with Crippen molar-refractivity contribution in [2.75, 3.05) is 20.7 Å². The minimum absolute atomic E-state index is 0.108. The van der Waals surface area contributed by atoms with Gasteiger partial charge in [0, 0.05) is 13.6 Å². The molecule has 1 fully saturated rings. The standard InChI is InChI=1S/C14H15N3O3S/c1-17-8-7-11(13(17)18)21-14-16-15-12(20-14)9-5-3-4-6-10(9)19-2/h3-6,11H,7-8H2,1-2H3/t11-/m1/s1. The lowest BCUT2D eigenvalue weighted by atomic mass is 10.2. The number of benzene rings is 1. The first-order valence-corrected chi connectivity index (χ1v) is 7.45. The minimum Gasteiger partial charge on any atom is -0.496 e. The maximum absolute atomic E-state index is 11.9. The summed E-state index contributed by atoms with van der Waals surface area (Å²) in [6.45, 7) is 0.768. The predicted molar refractivity (Wildman–Crippen MR) is 78.2 cm³/mol. The topological polar surface area (TPSA) is 68.5 Å². The van der Waals surface area contributed by atoms with E-state index in [2.05, 4.69) is 10.2 Å². The van der Waals surface area contributed by atoms with Crippen LogP contribution in [0.2, 0.25) is 0 Å². The van der Waals surface area contributed by atoms with Crippen LogP contribution in [-0.2, 0) is 4.79 Å². The molecule has 1 atom stereocenters. The van der Waals surface area contributed by atoms with Crippen molar-refractivity contribution in [3.63, 3.8) is 0 Å². The van der Waals surface area contributed by atoms with Gasteiger partial charge in [0.1, 0.15) is 5.75 Å². The first-order valence-electron chi connectivity index (χ1n) is 6.57. The summed E-state index contributed by atoms with van der Waals surface area (Å²) in [6, 6.07) is 7.45. The number of amides is 1. The van der Waals surface area contributed by atoms with Gasteiger partial charge in [0.25, 0.3) is 11.1 Å². The van der Waals surface area contributed by atoms with Gasteiger partial charge in [-0.1, -0.05) is 23.9 Å². The van der Waals surface area contributed by atoms with Crippen molar-refractivity contribution in [2.24, 2.45) is 0 Å². The molecule has 21 heavy (non-hydrogen) atoms. The van der Waals surface area contributed by atoms with Crippen LogP contribution in [0.15, 0.2) is 33.9 Å². The number of nitrogens with zero attached hydrogens (tertiary/aromatic N) is 3. The summed E-state index contributed by atoms with van der Waals surface area (Å²) in [4.78, 5) is 13.6. The Morgan fingerprint density at radius 2 is 2.19 bits per heavy atom. The monoisotopic (exact) mass is 305 g/mol. The summed E-state index contributed by atoms with van der Waals surface area (Å²) in [5, 5.41) is 8.32. The molecule has 1 amide bonds. The number of methoxy groups -OCH3 is 1. The zero-order valence-electron chi connectivity index (χ0n) is 11.8. The van der Waals surface area contributed by atoms with Gasteiger partial charge in [-0.15, -0.1) is 10.2 Å². The molecule has 1 aromatic heterocycles. The second-order valence-electron chi connectivity index (χ2n) is 4.73. The second kappa shape index (κ2) is 5.77. The van der Waals surface area contributed by atoms with Crippen molar-refractivity contribution in [2.45, 2.75) is 16.9 Å². The van der Waals surface area contributed by atoms with Crippen LogP contribution in [0, 0.1) is 0 Å². The zero-order chi connectivity index (χ0) is 14.8. The van der Waals surface area contributed by atoms with E-state index in [4.69, 9.17) is 9.15 Å². The van der Waals surface area contributed by atoms with Crippen LogP contribution < -0.4 is 4.74 Å². The molecule has 1 aliphatic rings. The first kappa shape index (κ1) is 13.9. The molecule has 110 valence electrons. The third-order valence-electron chi connectivity index (χ3n) is 3.37. The van der Waals surface area contributed by atoms with Crippen molar-refractivity contribution < 1.29 is 13.9 Å². The zero-order valence-corrected chi connectivity index (χ0v) is 12.6. The molecular weight excluding hydrogens is 290 g/mol. The first-order chi connectivity index (χ1) is 10.2. The highest BCUT2D eigenvalue weighted by molar-refractivity contribution is 8.00. The van der Waals surface area contributed by atoms with Gasteiger partial charge in [-0.3, -0.25) is 4.79 Å². The predicted octanol–water partition coefficient (Wildman–Crippen LogP) is 2.07. The van der Waals surface area contributed by atoms with E-state index in [1.165, 1.54) is 11.8 Å². The van der Waals surface area contributed by atoms with Gasteiger partial charge in [-0.25, -0.2) is 0 Å². The van der Waals surface area contributed by atoms with Crippen molar-refractivity contribution in [3.8, 4) is 17.2 Å². The Hall–Kier alpha value is -2.02. The Bertz CT molecular complexity index is 658. The largest absolute Gasteiger partial charge is 0.496 e. The lowest BCUT2D eigenvalue weighted by Gasteiger charge is -2.07. The average Bonchev–Trinajstić information content (AvgIpc) is 3.09. The summed E-state index contributed by atoms with van der Waals surface area (Å²) in [5.41, 5.74) is 0.745. The molecule has 0 N–H and O–H groups in total. The molecule has 1 aliphatic heterocycles. The molecule has 1 aromatic carbocycles. The fourth-order valence-electron chi connectivity index (χ4n) is 2.21. The number of para-hydroxylation sites is 1. The summed E-state index contributed by atoms with van der Waals surface area (Å²) < 4.78 is 10.9. The highest BCUT2D eigenvalue weighted by Gasteiger charge is 2.31. The van der Waals surface area contributed by atoms with Gasteiger partial charge in [-0.2, -0.15) is 0 Å². The fraction of sp³-hybridized carbons (Fsp3) is 0.357. The lowest BCUT2D eigenvalue weighted by molar-refractivity contribution is -0.126. The van der Waals surface area contributed by atoms with Crippen molar-refractivity contribution in [1.29, 1.82) is 0 Å². The summed E-state index contributed by atoms with van der Waals surface area (Å²) in [7, 11) is 3.40. The van der Waals surface area contributed by atoms with Crippen LogP contribution in [0.4, 0.5) is 0 Å². The highest BCUT2D eigenvalue weighted by atomic mass is 32.2. The van der Waals surface area contributed by atoms with E-state index in [9.17, 15) is 4.79 Å². The number of carbonyl (C=O) groups is 1. The van der Waals surface area contributed by atoms with Crippen LogP contribution >= 0.6 is 11.8 Å². The van der Waals surface area contributed by atoms with Crippen LogP contribution in [0.1, 0.15) is 6.42 Å². The Morgan fingerprint density at radius 1 is 1.38 bits per heavy atom. The number of ether oxygens (including phenoxy) is 1. The highest BCUT2D eigenvalue weighted by Crippen LogP contribution is 2.33. The molecule has 6 nitrogen and oxygen atoms in total. The quantitative estimate of drug-likeness (QED) is 0.861. The van der Waals surface area contributed by atoms with Gasteiger partial charge in [0.05, 0.1) is 17.9 Å². The van der Waals surface area contributed by atoms with Crippen molar-refractivity contribution in [3.05, 3.63) is 24.3 Å². The van der Waals surface area contributed by atoms with E-state index in [1.807, 2.05) is 24.3 Å². The molecule has 0 saturated carbocycles.